The molecule has 1 unspecified atom stereocenters. The minimum atomic E-state index is -0.121. The molecule has 0 saturated carbocycles. The summed E-state index contributed by atoms with van der Waals surface area (Å²) in [5.41, 5.74) is 0.551. The van der Waals surface area contributed by atoms with Crippen molar-refractivity contribution in [3.05, 3.63) is 29.8 Å². The highest BCUT2D eigenvalue weighted by Crippen LogP contribution is 2.16. The molecule has 0 aromatic heterocycles. The lowest BCUT2D eigenvalue weighted by atomic mass is 10.1. The van der Waals surface area contributed by atoms with Gasteiger partial charge in [-0.1, -0.05) is 19.1 Å². The third kappa shape index (κ3) is 4.37. The van der Waals surface area contributed by atoms with Crippen LogP contribution < -0.4 is 10.1 Å². The van der Waals surface area contributed by atoms with Crippen LogP contribution >= 0.6 is 0 Å². The summed E-state index contributed by atoms with van der Waals surface area (Å²) in [7, 11) is 1.55. The molecule has 18 heavy (non-hydrogen) atoms. The lowest BCUT2D eigenvalue weighted by Crippen LogP contribution is -2.25. The van der Waals surface area contributed by atoms with Gasteiger partial charge in [0.25, 0.3) is 5.91 Å². The van der Waals surface area contributed by atoms with Crippen LogP contribution in [0.15, 0.2) is 24.3 Å². The molecule has 4 heteroatoms. The van der Waals surface area contributed by atoms with E-state index < -0.39 is 0 Å². The molecule has 1 rings (SSSR count). The zero-order valence-electron chi connectivity index (χ0n) is 11.0. The Balaban J connectivity index is 2.41. The van der Waals surface area contributed by atoms with Crippen LogP contribution in [0.4, 0.5) is 0 Å². The topological polar surface area (TPSA) is 58.6 Å². The van der Waals surface area contributed by atoms with Gasteiger partial charge in [-0.05, 0) is 30.9 Å². The van der Waals surface area contributed by atoms with E-state index in [9.17, 15) is 4.79 Å². The molecule has 0 aliphatic rings. The van der Waals surface area contributed by atoms with Gasteiger partial charge in [0.05, 0.1) is 12.7 Å². The molecule has 2 N–H and O–H groups in total. The van der Waals surface area contributed by atoms with E-state index in [0.29, 0.717) is 17.9 Å². The van der Waals surface area contributed by atoms with Crippen LogP contribution in [0.2, 0.25) is 0 Å². The van der Waals surface area contributed by atoms with Crippen LogP contribution in [0, 0.1) is 5.92 Å². The molecule has 0 fully saturated rings. The van der Waals surface area contributed by atoms with Crippen molar-refractivity contribution < 1.29 is 14.6 Å². The zero-order chi connectivity index (χ0) is 13.4. The Morgan fingerprint density at radius 1 is 1.44 bits per heavy atom. The summed E-state index contributed by atoms with van der Waals surface area (Å²) in [6.07, 6.45) is 1.77. The summed E-state index contributed by atoms with van der Waals surface area (Å²) in [5.74, 6) is 0.746. The molecule has 1 amide bonds. The van der Waals surface area contributed by atoms with Crippen LogP contribution in [0.25, 0.3) is 0 Å². The fourth-order valence-corrected chi connectivity index (χ4v) is 1.67. The van der Waals surface area contributed by atoms with Crippen LogP contribution in [0.1, 0.15) is 30.1 Å². The van der Waals surface area contributed by atoms with Crippen molar-refractivity contribution in [2.75, 3.05) is 20.3 Å². The lowest BCUT2D eigenvalue weighted by molar-refractivity contribution is 0.0949. The number of carbonyl (C=O) groups excluding carboxylic acids is 1. The van der Waals surface area contributed by atoms with E-state index in [4.69, 9.17) is 9.84 Å². The standard InChI is InChI=1S/C14H21NO3/c1-11(10-16)6-5-9-15-14(17)12-7-3-4-8-13(12)18-2/h3-4,7-8,11,16H,5-6,9-10H2,1-2H3,(H,15,17). The highest BCUT2D eigenvalue weighted by atomic mass is 16.5. The second kappa shape index (κ2) is 7.71. The molecular weight excluding hydrogens is 230 g/mol. The number of amides is 1. The Morgan fingerprint density at radius 3 is 2.83 bits per heavy atom. The number of rotatable bonds is 7. The largest absolute Gasteiger partial charge is 0.496 e. The molecule has 1 aromatic rings. The third-order valence-electron chi connectivity index (χ3n) is 2.82. The van der Waals surface area contributed by atoms with Crippen molar-refractivity contribution in [3.63, 3.8) is 0 Å². The number of carbonyl (C=O) groups is 1. The highest BCUT2D eigenvalue weighted by molar-refractivity contribution is 5.96. The monoisotopic (exact) mass is 251 g/mol. The number of methoxy groups -OCH3 is 1. The molecule has 1 atom stereocenters. The van der Waals surface area contributed by atoms with E-state index in [-0.39, 0.29) is 18.4 Å². The van der Waals surface area contributed by atoms with Crippen molar-refractivity contribution in [2.45, 2.75) is 19.8 Å². The molecule has 4 nitrogen and oxygen atoms in total. The van der Waals surface area contributed by atoms with Gasteiger partial charge in [0.15, 0.2) is 0 Å². The number of aliphatic hydroxyl groups excluding tert-OH is 1. The van der Waals surface area contributed by atoms with Crippen molar-refractivity contribution >= 4 is 5.91 Å². The average Bonchev–Trinajstić information content (AvgIpc) is 2.42. The van der Waals surface area contributed by atoms with E-state index in [1.54, 1.807) is 19.2 Å². The van der Waals surface area contributed by atoms with Crippen LogP contribution in [0.5, 0.6) is 5.75 Å². The van der Waals surface area contributed by atoms with Crippen molar-refractivity contribution in [3.8, 4) is 5.75 Å². The van der Waals surface area contributed by atoms with Gasteiger partial charge >= 0.3 is 0 Å². The molecule has 0 heterocycles. The second-order valence-corrected chi connectivity index (χ2v) is 4.39. The molecule has 0 bridgehead atoms. The van der Waals surface area contributed by atoms with Gasteiger partial charge in [0.1, 0.15) is 5.75 Å². The number of hydrogen-bond acceptors (Lipinski definition) is 3. The Bertz CT molecular complexity index is 379. The Hall–Kier alpha value is -1.55. The van der Waals surface area contributed by atoms with Crippen molar-refractivity contribution in [2.24, 2.45) is 5.92 Å². The van der Waals surface area contributed by atoms with Crippen molar-refractivity contribution in [1.29, 1.82) is 0 Å². The first kappa shape index (κ1) is 14.5. The maximum Gasteiger partial charge on any atom is 0.255 e. The van der Waals surface area contributed by atoms with Gasteiger partial charge < -0.3 is 15.2 Å². The van der Waals surface area contributed by atoms with E-state index in [1.165, 1.54) is 0 Å². The van der Waals surface area contributed by atoms with Gasteiger partial charge in [-0.2, -0.15) is 0 Å². The molecule has 0 spiro atoms. The summed E-state index contributed by atoms with van der Waals surface area (Å²) in [6, 6.07) is 7.15. The lowest BCUT2D eigenvalue weighted by Gasteiger charge is -2.10. The Morgan fingerprint density at radius 2 is 2.17 bits per heavy atom. The predicted octanol–water partition coefficient (Wildman–Crippen LogP) is 1.83. The first-order chi connectivity index (χ1) is 8.69. The Labute approximate surface area is 108 Å². The van der Waals surface area contributed by atoms with Gasteiger partial charge in [0, 0.05) is 13.2 Å². The summed E-state index contributed by atoms with van der Waals surface area (Å²) < 4.78 is 5.13. The first-order valence-corrected chi connectivity index (χ1v) is 6.21. The number of hydrogen-bond donors (Lipinski definition) is 2. The van der Waals surface area contributed by atoms with E-state index in [2.05, 4.69) is 5.32 Å². The van der Waals surface area contributed by atoms with Gasteiger partial charge in [-0.15, -0.1) is 0 Å². The minimum Gasteiger partial charge on any atom is -0.496 e. The van der Waals surface area contributed by atoms with Crippen molar-refractivity contribution in [1.82, 2.24) is 5.32 Å². The number of ether oxygens (including phenoxy) is 1. The molecule has 0 saturated heterocycles. The van der Waals surface area contributed by atoms with E-state index in [0.717, 1.165) is 12.8 Å². The second-order valence-electron chi connectivity index (χ2n) is 4.39. The fourth-order valence-electron chi connectivity index (χ4n) is 1.67. The maximum absolute atomic E-state index is 11.9. The molecule has 100 valence electrons. The zero-order valence-corrected chi connectivity index (χ0v) is 11.0. The highest BCUT2D eigenvalue weighted by Gasteiger charge is 2.10. The number of para-hydroxylation sites is 1. The quantitative estimate of drug-likeness (QED) is 0.727. The summed E-state index contributed by atoms with van der Waals surface area (Å²) >= 11 is 0. The van der Waals surface area contributed by atoms with E-state index in [1.807, 2.05) is 19.1 Å². The SMILES string of the molecule is COc1ccccc1C(=O)NCCCC(C)CO. The number of nitrogens with one attached hydrogen (secondary N) is 1. The minimum absolute atomic E-state index is 0.121. The first-order valence-electron chi connectivity index (χ1n) is 6.21. The third-order valence-corrected chi connectivity index (χ3v) is 2.82. The number of aliphatic hydroxyl groups is 1. The van der Waals surface area contributed by atoms with Gasteiger partial charge in [-0.3, -0.25) is 4.79 Å². The summed E-state index contributed by atoms with van der Waals surface area (Å²) in [4.78, 5) is 11.9. The molecule has 0 aliphatic carbocycles. The smallest absolute Gasteiger partial charge is 0.255 e. The Kier molecular flexibility index (Phi) is 6.22. The van der Waals surface area contributed by atoms with Crippen LogP contribution in [-0.4, -0.2) is 31.3 Å². The molecular formula is C14H21NO3. The molecule has 0 aliphatic heterocycles. The fraction of sp³-hybridized carbons (Fsp3) is 0.500. The average molecular weight is 251 g/mol. The maximum atomic E-state index is 11.9. The van der Waals surface area contributed by atoms with Crippen LogP contribution in [0.3, 0.4) is 0 Å². The van der Waals surface area contributed by atoms with Crippen LogP contribution in [-0.2, 0) is 0 Å². The normalized spacial score (nSPS) is 11.9. The summed E-state index contributed by atoms with van der Waals surface area (Å²) in [6.45, 7) is 2.80. The molecule has 1 aromatic carbocycles. The van der Waals surface area contributed by atoms with Gasteiger partial charge in [-0.25, -0.2) is 0 Å². The molecule has 0 radical (unpaired) electrons. The van der Waals surface area contributed by atoms with E-state index >= 15 is 0 Å². The summed E-state index contributed by atoms with van der Waals surface area (Å²) in [5, 5.41) is 11.7. The van der Waals surface area contributed by atoms with Gasteiger partial charge in [0.2, 0.25) is 0 Å². The number of benzene rings is 1. The predicted molar refractivity (Wildman–Crippen MR) is 70.8 cm³/mol.